The van der Waals surface area contributed by atoms with Gasteiger partial charge >= 0.3 is 0 Å². The average molecular weight is 314 g/mol. The van der Waals surface area contributed by atoms with E-state index in [1.165, 1.54) is 4.70 Å². The molecule has 0 amide bonds. The first kappa shape index (κ1) is 13.5. The summed E-state index contributed by atoms with van der Waals surface area (Å²) in [6, 6.07) is 6.07. The molecule has 4 rings (SSSR count). The topological polar surface area (TPSA) is 50.1 Å². The van der Waals surface area contributed by atoms with Crippen LogP contribution in [0.2, 0.25) is 0 Å². The minimum absolute atomic E-state index is 0.975. The quantitative estimate of drug-likeness (QED) is 0.725. The second-order valence-electron chi connectivity index (χ2n) is 5.52. The fourth-order valence-electron chi connectivity index (χ4n) is 2.88. The number of hydrogen-bond acceptors (Lipinski definition) is 6. The van der Waals surface area contributed by atoms with E-state index in [0.29, 0.717) is 0 Å². The Hall–Kier alpha value is -2.15. The zero-order valence-corrected chi connectivity index (χ0v) is 13.5. The van der Waals surface area contributed by atoms with Crippen molar-refractivity contribution in [3.63, 3.8) is 0 Å². The fraction of sp³-hybridized carbons (Fsp3) is 0.400. The summed E-state index contributed by atoms with van der Waals surface area (Å²) < 4.78 is 3.07. The maximum absolute atomic E-state index is 4.77. The van der Waals surface area contributed by atoms with Crippen molar-refractivity contribution in [2.75, 3.05) is 36.0 Å². The van der Waals surface area contributed by atoms with E-state index in [0.717, 1.165) is 48.5 Å². The molecule has 0 atom stereocenters. The van der Waals surface area contributed by atoms with Crippen LogP contribution in [0.25, 0.3) is 10.3 Å². The minimum Gasteiger partial charge on any atom is -0.353 e. The SMILES string of the molecule is Cc1nn(C)c2nc(N3CCN(c4ccccn4)CC3)sc12. The zero-order chi connectivity index (χ0) is 15.1. The molecule has 3 aromatic rings. The molecule has 0 saturated carbocycles. The van der Waals surface area contributed by atoms with Gasteiger partial charge in [-0.15, -0.1) is 0 Å². The summed E-state index contributed by atoms with van der Waals surface area (Å²) in [5, 5.41) is 5.52. The molecule has 0 spiro atoms. The fourth-order valence-corrected chi connectivity index (χ4v) is 3.96. The summed E-state index contributed by atoms with van der Waals surface area (Å²) in [6.45, 7) is 5.95. The molecule has 0 unspecified atom stereocenters. The Balaban J connectivity index is 1.52. The standard InChI is InChI=1S/C15H18N6S/c1-11-13-14(19(2)18-11)17-15(22-13)21-9-7-20(8-10-21)12-5-3-4-6-16-12/h3-6H,7-10H2,1-2H3. The maximum atomic E-state index is 4.77. The van der Waals surface area contributed by atoms with Gasteiger partial charge in [-0.3, -0.25) is 0 Å². The monoisotopic (exact) mass is 314 g/mol. The van der Waals surface area contributed by atoms with Crippen LogP contribution in [0, 0.1) is 6.92 Å². The summed E-state index contributed by atoms with van der Waals surface area (Å²) in [5.41, 5.74) is 2.05. The Morgan fingerprint density at radius 3 is 2.55 bits per heavy atom. The van der Waals surface area contributed by atoms with Crippen LogP contribution in [0.3, 0.4) is 0 Å². The van der Waals surface area contributed by atoms with Crippen molar-refractivity contribution in [1.82, 2.24) is 19.7 Å². The van der Waals surface area contributed by atoms with E-state index in [-0.39, 0.29) is 0 Å². The largest absolute Gasteiger partial charge is 0.353 e. The van der Waals surface area contributed by atoms with Crippen LogP contribution >= 0.6 is 11.3 Å². The maximum Gasteiger partial charge on any atom is 0.188 e. The Morgan fingerprint density at radius 1 is 1.09 bits per heavy atom. The number of nitrogens with zero attached hydrogens (tertiary/aromatic N) is 6. The number of hydrogen-bond donors (Lipinski definition) is 0. The highest BCUT2D eigenvalue weighted by atomic mass is 32.1. The number of piperazine rings is 1. The number of pyridine rings is 1. The van der Waals surface area contributed by atoms with Crippen LogP contribution in [-0.4, -0.2) is 45.9 Å². The molecule has 1 saturated heterocycles. The van der Waals surface area contributed by atoms with Gasteiger partial charge in [-0.1, -0.05) is 17.4 Å². The van der Waals surface area contributed by atoms with E-state index in [9.17, 15) is 0 Å². The van der Waals surface area contributed by atoms with Crippen LogP contribution < -0.4 is 9.80 Å². The number of rotatable bonds is 2. The molecular weight excluding hydrogens is 296 g/mol. The Morgan fingerprint density at radius 2 is 1.86 bits per heavy atom. The second-order valence-corrected chi connectivity index (χ2v) is 6.50. The van der Waals surface area contributed by atoms with Crippen LogP contribution in [0.5, 0.6) is 0 Å². The van der Waals surface area contributed by atoms with E-state index < -0.39 is 0 Å². The summed E-state index contributed by atoms with van der Waals surface area (Å²) in [4.78, 5) is 13.9. The third kappa shape index (κ3) is 2.21. The lowest BCUT2D eigenvalue weighted by molar-refractivity contribution is 0.646. The molecule has 0 radical (unpaired) electrons. The van der Waals surface area contributed by atoms with Crippen molar-refractivity contribution >= 4 is 32.6 Å². The van der Waals surface area contributed by atoms with Gasteiger partial charge in [-0.2, -0.15) is 5.10 Å². The first-order valence-corrected chi connectivity index (χ1v) is 8.25. The Kier molecular flexibility index (Phi) is 3.22. The van der Waals surface area contributed by atoms with Gasteiger partial charge in [0.25, 0.3) is 0 Å². The number of aryl methyl sites for hydroxylation is 2. The predicted molar refractivity (Wildman–Crippen MR) is 89.8 cm³/mol. The van der Waals surface area contributed by atoms with Crippen LogP contribution in [0.1, 0.15) is 5.69 Å². The number of anilines is 2. The molecule has 114 valence electrons. The summed E-state index contributed by atoms with van der Waals surface area (Å²) >= 11 is 1.75. The minimum atomic E-state index is 0.975. The van der Waals surface area contributed by atoms with Crippen molar-refractivity contribution in [3.8, 4) is 0 Å². The third-order valence-electron chi connectivity index (χ3n) is 4.06. The lowest BCUT2D eigenvalue weighted by Gasteiger charge is -2.35. The van der Waals surface area contributed by atoms with Gasteiger partial charge < -0.3 is 9.80 Å². The molecule has 6 nitrogen and oxygen atoms in total. The smallest absolute Gasteiger partial charge is 0.188 e. The normalized spacial score (nSPS) is 15.7. The van der Waals surface area contributed by atoms with E-state index in [2.05, 4.69) is 25.9 Å². The molecular formula is C15H18N6S. The van der Waals surface area contributed by atoms with Gasteiger partial charge in [0.2, 0.25) is 0 Å². The molecule has 0 N–H and O–H groups in total. The van der Waals surface area contributed by atoms with Crippen LogP contribution in [-0.2, 0) is 7.05 Å². The number of aromatic nitrogens is 4. The highest BCUT2D eigenvalue weighted by Crippen LogP contribution is 2.31. The van der Waals surface area contributed by atoms with E-state index in [4.69, 9.17) is 4.98 Å². The molecule has 4 heterocycles. The van der Waals surface area contributed by atoms with Gasteiger partial charge in [0, 0.05) is 39.4 Å². The lowest BCUT2D eigenvalue weighted by Crippen LogP contribution is -2.46. The van der Waals surface area contributed by atoms with Gasteiger partial charge in [-0.05, 0) is 19.1 Å². The van der Waals surface area contributed by atoms with Gasteiger partial charge in [-0.25, -0.2) is 14.6 Å². The molecule has 0 aromatic carbocycles. The summed E-state index contributed by atoms with van der Waals surface area (Å²) in [6.07, 6.45) is 1.85. The van der Waals surface area contributed by atoms with Gasteiger partial charge in [0.1, 0.15) is 5.82 Å². The van der Waals surface area contributed by atoms with Crippen molar-refractivity contribution in [2.24, 2.45) is 7.05 Å². The van der Waals surface area contributed by atoms with Crippen molar-refractivity contribution in [2.45, 2.75) is 6.92 Å². The molecule has 3 aromatic heterocycles. The average Bonchev–Trinajstić information content (AvgIpc) is 3.11. The first-order valence-electron chi connectivity index (χ1n) is 7.43. The number of thiazole rings is 1. The van der Waals surface area contributed by atoms with Crippen LogP contribution in [0.15, 0.2) is 24.4 Å². The van der Waals surface area contributed by atoms with Crippen molar-refractivity contribution < 1.29 is 0 Å². The summed E-state index contributed by atoms with van der Waals surface area (Å²) in [5.74, 6) is 1.06. The first-order chi connectivity index (χ1) is 10.7. The molecule has 1 fully saturated rings. The summed E-state index contributed by atoms with van der Waals surface area (Å²) in [7, 11) is 1.96. The highest BCUT2D eigenvalue weighted by Gasteiger charge is 2.22. The molecule has 22 heavy (non-hydrogen) atoms. The predicted octanol–water partition coefficient (Wildman–Crippen LogP) is 2.06. The Bertz CT molecular complexity index is 751. The molecule has 0 aliphatic carbocycles. The molecule has 1 aliphatic rings. The number of fused-ring (bicyclic) bond motifs is 1. The lowest BCUT2D eigenvalue weighted by atomic mass is 10.3. The van der Waals surface area contributed by atoms with E-state index in [1.807, 2.05) is 37.0 Å². The van der Waals surface area contributed by atoms with E-state index in [1.54, 1.807) is 11.3 Å². The highest BCUT2D eigenvalue weighted by molar-refractivity contribution is 7.22. The zero-order valence-electron chi connectivity index (χ0n) is 12.7. The van der Waals surface area contributed by atoms with Crippen molar-refractivity contribution in [3.05, 3.63) is 30.1 Å². The van der Waals surface area contributed by atoms with Gasteiger partial charge in [0.05, 0.1) is 10.4 Å². The second kappa shape index (κ2) is 5.24. The third-order valence-corrected chi connectivity index (χ3v) is 5.27. The van der Waals surface area contributed by atoms with Crippen molar-refractivity contribution in [1.29, 1.82) is 0 Å². The molecule has 1 aliphatic heterocycles. The molecule has 0 bridgehead atoms. The van der Waals surface area contributed by atoms with Gasteiger partial charge in [0.15, 0.2) is 10.8 Å². The van der Waals surface area contributed by atoms with E-state index >= 15 is 0 Å². The Labute approximate surface area is 133 Å². The van der Waals surface area contributed by atoms with Crippen LogP contribution in [0.4, 0.5) is 10.9 Å². The molecule has 7 heteroatoms.